The second kappa shape index (κ2) is 5.68. The molecule has 6 heteroatoms. The summed E-state index contributed by atoms with van der Waals surface area (Å²) in [4.78, 5) is 41.4. The van der Waals surface area contributed by atoms with E-state index in [0.717, 1.165) is 12.0 Å². The second-order valence-electron chi connectivity index (χ2n) is 8.23. The van der Waals surface area contributed by atoms with Crippen LogP contribution in [-0.4, -0.2) is 29.3 Å². The summed E-state index contributed by atoms with van der Waals surface area (Å²) in [5.74, 6) is 0.543. The summed E-state index contributed by atoms with van der Waals surface area (Å²) < 4.78 is 0. The zero-order chi connectivity index (χ0) is 19.0. The highest BCUT2D eigenvalue weighted by atomic mass is 35.5. The Morgan fingerprint density at radius 2 is 1.74 bits per heavy atom. The van der Waals surface area contributed by atoms with Crippen molar-refractivity contribution >= 4 is 35.0 Å². The summed E-state index contributed by atoms with van der Waals surface area (Å²) in [5.41, 5.74) is 1.39. The van der Waals surface area contributed by atoms with Gasteiger partial charge in [-0.2, -0.15) is 0 Å². The number of allylic oxidation sites excluding steroid dienone is 2. The van der Waals surface area contributed by atoms with Crippen LogP contribution >= 0.6 is 11.6 Å². The standard InChI is InChI=1S/C21H21ClN2O3/c1-10-16(22)4-3-5-17(10)23(11(2)25)9-24-20(26)18-12-6-7-13(15-8-14(12)15)19(18)21(24)27/h3-7,12-15,18-19H,8-9H2,1-2H3/t12-,13-,14-,15+,18+,19+/m0/s1. The molecule has 1 aromatic carbocycles. The Morgan fingerprint density at radius 3 is 2.30 bits per heavy atom. The number of halogens is 1. The van der Waals surface area contributed by atoms with Crippen molar-refractivity contribution in [1.82, 2.24) is 4.90 Å². The smallest absolute Gasteiger partial charge is 0.235 e. The van der Waals surface area contributed by atoms with Crippen molar-refractivity contribution < 1.29 is 14.4 Å². The maximum absolute atomic E-state index is 13.2. The highest BCUT2D eigenvalue weighted by Crippen LogP contribution is 2.65. The first-order valence-corrected chi connectivity index (χ1v) is 9.84. The van der Waals surface area contributed by atoms with E-state index in [1.807, 2.05) is 6.92 Å². The van der Waals surface area contributed by atoms with Gasteiger partial charge < -0.3 is 0 Å². The number of imide groups is 1. The lowest BCUT2D eigenvalue weighted by Gasteiger charge is -2.37. The van der Waals surface area contributed by atoms with Gasteiger partial charge in [-0.05, 0) is 54.7 Å². The van der Waals surface area contributed by atoms with E-state index in [0.29, 0.717) is 22.5 Å². The Balaban J connectivity index is 1.47. The summed E-state index contributed by atoms with van der Waals surface area (Å²) in [6.07, 6.45) is 5.44. The van der Waals surface area contributed by atoms with E-state index in [1.165, 1.54) is 16.7 Å². The fourth-order valence-electron chi connectivity index (χ4n) is 5.53. The first kappa shape index (κ1) is 17.0. The number of benzene rings is 1. The van der Waals surface area contributed by atoms with Crippen molar-refractivity contribution in [3.8, 4) is 0 Å². The van der Waals surface area contributed by atoms with Gasteiger partial charge in [0.15, 0.2) is 0 Å². The van der Waals surface area contributed by atoms with Crippen LogP contribution in [0, 0.1) is 42.4 Å². The van der Waals surface area contributed by atoms with Crippen molar-refractivity contribution in [1.29, 1.82) is 0 Å². The van der Waals surface area contributed by atoms with Gasteiger partial charge in [0.25, 0.3) is 0 Å². The molecule has 3 fully saturated rings. The lowest BCUT2D eigenvalue weighted by atomic mass is 9.63. The number of rotatable bonds is 3. The number of anilines is 1. The molecule has 27 heavy (non-hydrogen) atoms. The van der Waals surface area contributed by atoms with Gasteiger partial charge in [-0.25, -0.2) is 0 Å². The third-order valence-electron chi connectivity index (χ3n) is 6.95. The average molecular weight is 385 g/mol. The summed E-state index contributed by atoms with van der Waals surface area (Å²) in [7, 11) is 0. The molecule has 1 aliphatic heterocycles. The van der Waals surface area contributed by atoms with Gasteiger partial charge in [-0.1, -0.05) is 29.8 Å². The van der Waals surface area contributed by atoms with Gasteiger partial charge in [0, 0.05) is 17.6 Å². The number of carbonyl (C=O) groups excluding carboxylic acids is 3. The maximum Gasteiger partial charge on any atom is 0.235 e. The molecule has 0 unspecified atom stereocenters. The minimum absolute atomic E-state index is 0.0457. The average Bonchev–Trinajstić information content (AvgIpc) is 3.42. The Bertz CT molecular complexity index is 875. The minimum Gasteiger partial charge on any atom is -0.294 e. The van der Waals surface area contributed by atoms with Crippen molar-refractivity contribution in [3.63, 3.8) is 0 Å². The Morgan fingerprint density at radius 1 is 1.15 bits per heavy atom. The van der Waals surface area contributed by atoms with E-state index in [9.17, 15) is 14.4 Å². The predicted octanol–water partition coefficient (Wildman–Crippen LogP) is 3.01. The van der Waals surface area contributed by atoms with Gasteiger partial charge in [0.1, 0.15) is 6.67 Å². The van der Waals surface area contributed by atoms with Gasteiger partial charge in [0.2, 0.25) is 17.7 Å². The van der Waals surface area contributed by atoms with Crippen molar-refractivity contribution in [2.75, 3.05) is 11.6 Å². The van der Waals surface area contributed by atoms with Crippen LogP contribution in [0.2, 0.25) is 5.02 Å². The molecule has 6 rings (SSSR count). The van der Waals surface area contributed by atoms with Crippen LogP contribution in [0.15, 0.2) is 30.4 Å². The van der Waals surface area contributed by atoms with Crippen LogP contribution in [-0.2, 0) is 14.4 Å². The number of nitrogens with zero attached hydrogens (tertiary/aromatic N) is 2. The quantitative estimate of drug-likeness (QED) is 0.594. The molecule has 0 aromatic heterocycles. The maximum atomic E-state index is 13.2. The molecule has 140 valence electrons. The molecule has 2 bridgehead atoms. The highest BCUT2D eigenvalue weighted by Gasteiger charge is 2.67. The van der Waals surface area contributed by atoms with Gasteiger partial charge in [-0.3, -0.25) is 24.2 Å². The normalized spacial score (nSPS) is 35.3. The summed E-state index contributed by atoms with van der Waals surface area (Å²) in [6.45, 7) is 3.23. The number of hydrogen-bond acceptors (Lipinski definition) is 3. The lowest BCUT2D eigenvalue weighted by Crippen LogP contribution is -2.44. The van der Waals surface area contributed by atoms with Crippen LogP contribution in [0.3, 0.4) is 0 Å². The first-order valence-electron chi connectivity index (χ1n) is 9.47. The minimum atomic E-state index is -0.245. The van der Waals surface area contributed by atoms with E-state index in [2.05, 4.69) is 12.2 Å². The third-order valence-corrected chi connectivity index (χ3v) is 7.36. The van der Waals surface area contributed by atoms with Crippen LogP contribution in [0.1, 0.15) is 18.9 Å². The zero-order valence-corrected chi connectivity index (χ0v) is 16.0. The number of likely N-dealkylation sites (tertiary alicyclic amines) is 1. The van der Waals surface area contributed by atoms with Crippen molar-refractivity contribution in [3.05, 3.63) is 40.9 Å². The molecule has 1 saturated heterocycles. The van der Waals surface area contributed by atoms with Crippen LogP contribution < -0.4 is 4.90 Å². The Kier molecular flexibility index (Phi) is 3.57. The van der Waals surface area contributed by atoms with E-state index in [4.69, 9.17) is 11.6 Å². The number of carbonyl (C=O) groups is 3. The van der Waals surface area contributed by atoms with E-state index >= 15 is 0 Å². The summed E-state index contributed by atoms with van der Waals surface area (Å²) in [5, 5.41) is 0.550. The fraction of sp³-hybridized carbons (Fsp3) is 0.476. The molecule has 6 atom stereocenters. The lowest BCUT2D eigenvalue weighted by molar-refractivity contribution is -0.140. The third kappa shape index (κ3) is 2.27. The molecular weight excluding hydrogens is 364 g/mol. The summed E-state index contributed by atoms with van der Waals surface area (Å²) in [6, 6.07) is 5.32. The summed E-state index contributed by atoms with van der Waals surface area (Å²) >= 11 is 6.21. The zero-order valence-electron chi connectivity index (χ0n) is 15.3. The fourth-order valence-corrected chi connectivity index (χ4v) is 5.70. The largest absolute Gasteiger partial charge is 0.294 e. The molecule has 0 spiro atoms. The molecule has 0 radical (unpaired) electrons. The second-order valence-corrected chi connectivity index (χ2v) is 8.64. The van der Waals surface area contributed by atoms with Crippen LogP contribution in [0.25, 0.3) is 0 Å². The first-order chi connectivity index (χ1) is 12.9. The van der Waals surface area contributed by atoms with Crippen molar-refractivity contribution in [2.24, 2.45) is 35.5 Å². The molecule has 3 amide bonds. The SMILES string of the molecule is CC(=O)N(CN1C(=O)[C@@H]2[C@H]3C=C[C@@H]([C@@H]4C[C@H]34)[C@H]2C1=O)c1cccc(Cl)c1C. The Labute approximate surface area is 163 Å². The van der Waals surface area contributed by atoms with Crippen LogP contribution in [0.5, 0.6) is 0 Å². The van der Waals surface area contributed by atoms with E-state index in [-0.39, 0.29) is 48.1 Å². The number of amides is 3. The molecule has 5 aliphatic rings. The predicted molar refractivity (Wildman–Crippen MR) is 101 cm³/mol. The molecular formula is C21H21ClN2O3. The number of hydrogen-bond donors (Lipinski definition) is 0. The Hall–Kier alpha value is -2.14. The molecule has 4 aliphatic carbocycles. The van der Waals surface area contributed by atoms with Crippen LogP contribution in [0.4, 0.5) is 5.69 Å². The van der Waals surface area contributed by atoms with Gasteiger partial charge >= 0.3 is 0 Å². The van der Waals surface area contributed by atoms with E-state index in [1.54, 1.807) is 18.2 Å². The monoisotopic (exact) mass is 384 g/mol. The molecule has 1 heterocycles. The molecule has 2 saturated carbocycles. The molecule has 1 aromatic rings. The molecule has 0 N–H and O–H groups in total. The van der Waals surface area contributed by atoms with Crippen molar-refractivity contribution in [2.45, 2.75) is 20.3 Å². The van der Waals surface area contributed by atoms with E-state index < -0.39 is 0 Å². The van der Waals surface area contributed by atoms with Gasteiger partial charge in [-0.15, -0.1) is 0 Å². The topological polar surface area (TPSA) is 57.7 Å². The molecule has 5 nitrogen and oxygen atoms in total. The van der Waals surface area contributed by atoms with Gasteiger partial charge in [0.05, 0.1) is 11.8 Å². The highest BCUT2D eigenvalue weighted by molar-refractivity contribution is 6.31.